The molecule has 0 spiro atoms. The molecule has 6 unspecified atom stereocenters. The fourth-order valence-corrected chi connectivity index (χ4v) is 4.69. The second-order valence-corrected chi connectivity index (χ2v) is 8.68. The fraction of sp³-hybridized carbons (Fsp3) is 0.455. The summed E-state index contributed by atoms with van der Waals surface area (Å²) in [5.41, 5.74) is 4.33. The molecule has 6 atom stereocenters. The number of nitrogens with one attached hydrogen (secondary N) is 1. The predicted octanol–water partition coefficient (Wildman–Crippen LogP) is 2.43. The number of ether oxygens (including phenoxy) is 1. The average Bonchev–Trinajstić information content (AvgIpc) is 2.76. The maximum absolute atomic E-state index is 10.4. The summed E-state index contributed by atoms with van der Waals surface area (Å²) in [6.07, 6.45) is -3.28. The third-order valence-corrected chi connectivity index (χ3v) is 6.73. The van der Waals surface area contributed by atoms with Gasteiger partial charge in [-0.15, -0.1) is 0 Å². The molecule has 8 heteroatoms. The van der Waals surface area contributed by atoms with E-state index in [1.54, 1.807) is 6.07 Å². The van der Waals surface area contributed by atoms with Gasteiger partial charge in [0.05, 0.1) is 16.7 Å². The Morgan fingerprint density at radius 2 is 1.80 bits per heavy atom. The number of rotatable bonds is 4. The van der Waals surface area contributed by atoms with Crippen LogP contribution in [0.5, 0.6) is 0 Å². The molecule has 1 aliphatic heterocycles. The van der Waals surface area contributed by atoms with Gasteiger partial charge in [0.1, 0.15) is 30.6 Å². The molecule has 162 valence electrons. The van der Waals surface area contributed by atoms with Gasteiger partial charge in [-0.3, -0.25) is 5.32 Å². The zero-order chi connectivity index (χ0) is 21.4. The van der Waals surface area contributed by atoms with Crippen LogP contribution < -0.4 is 5.32 Å². The highest BCUT2D eigenvalue weighted by molar-refractivity contribution is 6.42. The molecule has 1 fully saturated rings. The molecule has 30 heavy (non-hydrogen) atoms. The summed E-state index contributed by atoms with van der Waals surface area (Å²) in [7, 11) is 0. The van der Waals surface area contributed by atoms with Gasteiger partial charge in [0.15, 0.2) is 0 Å². The van der Waals surface area contributed by atoms with Crippen molar-refractivity contribution in [3.05, 3.63) is 57.6 Å². The minimum absolute atomic E-state index is 0.113. The van der Waals surface area contributed by atoms with Crippen LogP contribution in [-0.4, -0.2) is 57.7 Å². The van der Waals surface area contributed by atoms with Crippen LogP contribution in [-0.2, 0) is 11.2 Å². The second-order valence-electron chi connectivity index (χ2n) is 7.86. The van der Waals surface area contributed by atoms with E-state index >= 15 is 0 Å². The molecule has 2 aromatic carbocycles. The summed E-state index contributed by atoms with van der Waals surface area (Å²) in [6, 6.07) is 11.5. The van der Waals surface area contributed by atoms with Crippen LogP contribution in [0, 0.1) is 0 Å². The first-order valence-electron chi connectivity index (χ1n) is 10.0. The van der Waals surface area contributed by atoms with E-state index in [-0.39, 0.29) is 6.04 Å². The van der Waals surface area contributed by atoms with Gasteiger partial charge in [-0.25, -0.2) is 0 Å². The number of hydrogen-bond acceptors (Lipinski definition) is 6. The number of aliphatic hydroxyl groups excluding tert-OH is 4. The second kappa shape index (κ2) is 9.10. The van der Waals surface area contributed by atoms with E-state index in [9.17, 15) is 20.4 Å². The van der Waals surface area contributed by atoms with Crippen molar-refractivity contribution < 1.29 is 25.2 Å². The van der Waals surface area contributed by atoms with Crippen LogP contribution in [0.4, 0.5) is 0 Å². The highest BCUT2D eigenvalue weighted by Gasteiger charge is 2.44. The van der Waals surface area contributed by atoms with Gasteiger partial charge in [-0.05, 0) is 53.6 Å². The van der Waals surface area contributed by atoms with Crippen molar-refractivity contribution >= 4 is 23.2 Å². The van der Waals surface area contributed by atoms with Gasteiger partial charge in [0.2, 0.25) is 0 Å². The first-order chi connectivity index (χ1) is 14.4. The summed E-state index contributed by atoms with van der Waals surface area (Å²) in [4.78, 5) is 0. The Labute approximate surface area is 185 Å². The molecule has 0 radical (unpaired) electrons. The van der Waals surface area contributed by atoms with Crippen molar-refractivity contribution in [2.75, 3.05) is 6.61 Å². The predicted molar refractivity (Wildman–Crippen MR) is 114 cm³/mol. The van der Waals surface area contributed by atoms with Crippen LogP contribution in [0.15, 0.2) is 36.4 Å². The third kappa shape index (κ3) is 4.11. The molecule has 1 heterocycles. The molecule has 2 aromatic rings. The molecule has 1 saturated heterocycles. The van der Waals surface area contributed by atoms with Crippen molar-refractivity contribution in [3.8, 4) is 11.1 Å². The molecule has 2 aliphatic rings. The van der Waals surface area contributed by atoms with Gasteiger partial charge in [-0.1, -0.05) is 47.5 Å². The highest BCUT2D eigenvalue weighted by atomic mass is 35.5. The molecule has 4 rings (SSSR count). The smallest absolute Gasteiger partial charge is 0.138 e. The van der Waals surface area contributed by atoms with Crippen LogP contribution in [0.3, 0.4) is 0 Å². The van der Waals surface area contributed by atoms with Crippen molar-refractivity contribution in [2.45, 2.75) is 55.9 Å². The van der Waals surface area contributed by atoms with E-state index in [1.807, 2.05) is 24.3 Å². The summed E-state index contributed by atoms with van der Waals surface area (Å²) >= 11 is 12.3. The minimum atomic E-state index is -1.40. The number of hydrogen-bond donors (Lipinski definition) is 5. The Kier molecular flexibility index (Phi) is 6.67. The van der Waals surface area contributed by atoms with Crippen molar-refractivity contribution in [2.24, 2.45) is 0 Å². The molecular weight excluding hydrogens is 429 g/mol. The Morgan fingerprint density at radius 1 is 1.00 bits per heavy atom. The zero-order valence-electron chi connectivity index (χ0n) is 16.2. The van der Waals surface area contributed by atoms with E-state index in [4.69, 9.17) is 27.9 Å². The van der Waals surface area contributed by atoms with E-state index < -0.39 is 37.3 Å². The van der Waals surface area contributed by atoms with E-state index in [0.29, 0.717) is 10.0 Å². The normalized spacial score (nSPS) is 31.4. The molecule has 0 bridgehead atoms. The average molecular weight is 454 g/mol. The lowest BCUT2D eigenvalue weighted by atomic mass is 9.82. The number of aliphatic hydroxyl groups is 4. The highest BCUT2D eigenvalue weighted by Crippen LogP contribution is 2.38. The fourth-order valence-electron chi connectivity index (χ4n) is 4.39. The Morgan fingerprint density at radius 3 is 2.53 bits per heavy atom. The molecule has 6 nitrogen and oxygen atoms in total. The summed E-state index contributed by atoms with van der Waals surface area (Å²) in [5, 5.41) is 44.2. The Bertz CT molecular complexity index is 909. The monoisotopic (exact) mass is 453 g/mol. The van der Waals surface area contributed by atoms with Crippen molar-refractivity contribution in [1.82, 2.24) is 5.32 Å². The van der Waals surface area contributed by atoms with Crippen LogP contribution in [0.1, 0.15) is 30.0 Å². The number of fused-ring (bicyclic) bond motifs is 1. The van der Waals surface area contributed by atoms with Gasteiger partial charge >= 0.3 is 0 Å². The first kappa shape index (κ1) is 22.0. The topological polar surface area (TPSA) is 102 Å². The number of benzene rings is 2. The van der Waals surface area contributed by atoms with E-state index in [0.717, 1.165) is 36.0 Å². The lowest BCUT2D eigenvalue weighted by molar-refractivity contribution is -0.238. The van der Waals surface area contributed by atoms with E-state index in [1.165, 1.54) is 5.56 Å². The molecular formula is C22H25Cl2NO5. The van der Waals surface area contributed by atoms with Gasteiger partial charge in [0, 0.05) is 6.04 Å². The minimum Gasteiger partial charge on any atom is -0.394 e. The Balaban J connectivity index is 1.62. The molecule has 0 amide bonds. The maximum Gasteiger partial charge on any atom is 0.138 e. The standard InChI is InChI=1S/C22H25Cl2NO5/c23-15-8-7-11(9-16(15)24)12-3-1-5-14-13(12)4-2-6-17(14)25-22-21(29)20(28)19(27)18(10-26)30-22/h1,3,5,7-9,17-22,25-29H,2,4,6,10H2. The summed E-state index contributed by atoms with van der Waals surface area (Å²) < 4.78 is 5.64. The van der Waals surface area contributed by atoms with Crippen LogP contribution in [0.25, 0.3) is 11.1 Å². The third-order valence-electron chi connectivity index (χ3n) is 6.00. The van der Waals surface area contributed by atoms with Gasteiger partial charge in [-0.2, -0.15) is 0 Å². The van der Waals surface area contributed by atoms with Crippen molar-refractivity contribution in [3.63, 3.8) is 0 Å². The summed E-state index contributed by atoms with van der Waals surface area (Å²) in [6.45, 7) is -0.453. The molecule has 5 N–H and O–H groups in total. The van der Waals surface area contributed by atoms with Crippen LogP contribution >= 0.6 is 23.2 Å². The van der Waals surface area contributed by atoms with E-state index in [2.05, 4.69) is 11.4 Å². The SMILES string of the molecule is OCC1OC(NC2CCCc3c(-c4ccc(Cl)c(Cl)c4)cccc32)C(O)C(O)C1O. The first-order valence-corrected chi connectivity index (χ1v) is 10.8. The van der Waals surface area contributed by atoms with Gasteiger partial charge in [0.25, 0.3) is 0 Å². The molecule has 1 aliphatic carbocycles. The zero-order valence-corrected chi connectivity index (χ0v) is 17.7. The Hall–Kier alpha value is -1.22. The molecule has 0 aromatic heterocycles. The largest absolute Gasteiger partial charge is 0.394 e. The molecule has 0 saturated carbocycles. The lowest BCUT2D eigenvalue weighted by Gasteiger charge is -2.42. The van der Waals surface area contributed by atoms with Crippen molar-refractivity contribution in [1.29, 1.82) is 0 Å². The van der Waals surface area contributed by atoms with Gasteiger partial charge < -0.3 is 25.2 Å². The lowest BCUT2D eigenvalue weighted by Crippen LogP contribution is -2.62. The summed E-state index contributed by atoms with van der Waals surface area (Å²) in [5.74, 6) is 0. The maximum atomic E-state index is 10.4. The van der Waals surface area contributed by atoms with Crippen LogP contribution in [0.2, 0.25) is 10.0 Å². The quantitative estimate of drug-likeness (QED) is 0.487. The number of halogens is 2.